The van der Waals surface area contributed by atoms with Gasteiger partial charge in [-0.15, -0.1) is 0 Å². The van der Waals surface area contributed by atoms with Gasteiger partial charge < -0.3 is 10.4 Å². The third-order valence-corrected chi connectivity index (χ3v) is 3.51. The summed E-state index contributed by atoms with van der Waals surface area (Å²) in [5, 5.41) is 12.0. The van der Waals surface area contributed by atoms with Crippen LogP contribution in [0.2, 0.25) is 0 Å². The molecule has 5 heteroatoms. The van der Waals surface area contributed by atoms with Crippen LogP contribution in [0.1, 0.15) is 15.9 Å². The molecule has 22 heavy (non-hydrogen) atoms. The molecule has 0 aliphatic rings. The number of rotatable bonds is 4. The highest BCUT2D eigenvalue weighted by Crippen LogP contribution is 2.20. The second kappa shape index (κ2) is 7.04. The van der Waals surface area contributed by atoms with Crippen molar-refractivity contribution in [3.8, 4) is 5.75 Å². The van der Waals surface area contributed by atoms with Crippen molar-refractivity contribution in [2.75, 3.05) is 5.32 Å². The number of carbonyl (C=O) groups excluding carboxylic acids is 2. The van der Waals surface area contributed by atoms with Crippen molar-refractivity contribution in [1.29, 1.82) is 0 Å². The fourth-order valence-electron chi connectivity index (χ4n) is 1.82. The van der Waals surface area contributed by atoms with E-state index >= 15 is 0 Å². The summed E-state index contributed by atoms with van der Waals surface area (Å²) >= 11 is 3.29. The topological polar surface area (TPSA) is 66.4 Å². The number of allylic oxidation sites excluding steroid dienone is 1. The number of phenols is 1. The average Bonchev–Trinajstić information content (AvgIpc) is 2.48. The normalized spacial score (nSPS) is 10.6. The maximum absolute atomic E-state index is 11.9. The van der Waals surface area contributed by atoms with E-state index in [1.54, 1.807) is 43.3 Å². The van der Waals surface area contributed by atoms with Gasteiger partial charge in [-0.2, -0.15) is 0 Å². The van der Waals surface area contributed by atoms with Crippen molar-refractivity contribution in [2.24, 2.45) is 0 Å². The predicted molar refractivity (Wildman–Crippen MR) is 89.1 cm³/mol. The Hall–Kier alpha value is -2.40. The third-order valence-electron chi connectivity index (χ3n) is 2.98. The number of anilines is 1. The van der Waals surface area contributed by atoms with Crippen molar-refractivity contribution in [1.82, 2.24) is 0 Å². The molecule has 0 heterocycles. The summed E-state index contributed by atoms with van der Waals surface area (Å²) < 4.78 is 0.883. The zero-order chi connectivity index (χ0) is 16.1. The average molecular weight is 360 g/mol. The highest BCUT2D eigenvalue weighted by molar-refractivity contribution is 9.10. The Kier molecular flexibility index (Phi) is 5.12. The molecule has 0 unspecified atom stereocenters. The van der Waals surface area contributed by atoms with Crippen molar-refractivity contribution in [3.63, 3.8) is 0 Å². The van der Waals surface area contributed by atoms with Crippen LogP contribution in [0.5, 0.6) is 5.75 Å². The number of amides is 1. The minimum atomic E-state index is -0.403. The number of aryl methyl sites for hydroxylation is 1. The van der Waals surface area contributed by atoms with Gasteiger partial charge in [0.05, 0.1) is 0 Å². The SMILES string of the molecule is Cc1cc(O)ccc1NC(=O)/C=C/C(=O)c1ccc(Br)cc1. The second-order valence-corrected chi connectivity index (χ2v) is 5.61. The summed E-state index contributed by atoms with van der Waals surface area (Å²) in [6, 6.07) is 11.5. The highest BCUT2D eigenvalue weighted by atomic mass is 79.9. The van der Waals surface area contributed by atoms with E-state index in [0.29, 0.717) is 11.3 Å². The van der Waals surface area contributed by atoms with E-state index in [1.807, 2.05) is 0 Å². The molecule has 4 nitrogen and oxygen atoms in total. The quantitative estimate of drug-likeness (QED) is 0.495. The molecule has 0 saturated carbocycles. The van der Waals surface area contributed by atoms with Crippen LogP contribution >= 0.6 is 15.9 Å². The van der Waals surface area contributed by atoms with E-state index in [2.05, 4.69) is 21.2 Å². The third kappa shape index (κ3) is 4.30. The fraction of sp³-hybridized carbons (Fsp3) is 0.0588. The molecule has 0 aliphatic carbocycles. The number of nitrogens with one attached hydrogen (secondary N) is 1. The van der Waals surface area contributed by atoms with Crippen LogP contribution in [0.15, 0.2) is 59.1 Å². The molecule has 0 spiro atoms. The molecule has 0 aromatic heterocycles. The van der Waals surface area contributed by atoms with Gasteiger partial charge in [-0.25, -0.2) is 0 Å². The number of aromatic hydroxyl groups is 1. The Morgan fingerprint density at radius 2 is 1.77 bits per heavy atom. The Morgan fingerprint density at radius 1 is 1.09 bits per heavy atom. The number of benzene rings is 2. The first-order chi connectivity index (χ1) is 10.5. The standard InChI is InChI=1S/C17H14BrNO3/c1-11-10-14(20)6-7-15(11)19-17(22)9-8-16(21)12-2-4-13(18)5-3-12/h2-10,20H,1H3,(H,19,22)/b9-8+. The van der Waals surface area contributed by atoms with E-state index < -0.39 is 5.91 Å². The minimum absolute atomic E-state index is 0.136. The lowest BCUT2D eigenvalue weighted by Crippen LogP contribution is -2.09. The van der Waals surface area contributed by atoms with Gasteiger partial charge in [-0.05, 0) is 61.0 Å². The summed E-state index contributed by atoms with van der Waals surface area (Å²) in [7, 11) is 0. The summed E-state index contributed by atoms with van der Waals surface area (Å²) in [4.78, 5) is 23.7. The molecule has 2 aromatic rings. The molecule has 0 aliphatic heterocycles. The van der Waals surface area contributed by atoms with Gasteiger partial charge in [0.2, 0.25) is 5.91 Å². The van der Waals surface area contributed by atoms with Crippen molar-refractivity contribution in [2.45, 2.75) is 6.92 Å². The lowest BCUT2D eigenvalue weighted by Gasteiger charge is -2.06. The zero-order valence-corrected chi connectivity index (χ0v) is 13.4. The first-order valence-corrected chi connectivity index (χ1v) is 7.33. The van der Waals surface area contributed by atoms with Gasteiger partial charge in [0, 0.05) is 21.8 Å². The Morgan fingerprint density at radius 3 is 2.41 bits per heavy atom. The number of hydrogen-bond acceptors (Lipinski definition) is 3. The molecule has 0 saturated heterocycles. The van der Waals surface area contributed by atoms with E-state index in [-0.39, 0.29) is 11.5 Å². The summed E-state index contributed by atoms with van der Waals surface area (Å²) in [5.74, 6) is -0.513. The van der Waals surface area contributed by atoms with Crippen LogP contribution < -0.4 is 5.32 Å². The van der Waals surface area contributed by atoms with Crippen LogP contribution in [0.3, 0.4) is 0 Å². The smallest absolute Gasteiger partial charge is 0.248 e. The number of halogens is 1. The zero-order valence-electron chi connectivity index (χ0n) is 11.8. The number of hydrogen-bond donors (Lipinski definition) is 2. The number of phenolic OH excluding ortho intramolecular Hbond substituents is 1. The molecule has 2 aromatic carbocycles. The maximum Gasteiger partial charge on any atom is 0.248 e. The summed E-state index contributed by atoms with van der Waals surface area (Å²) in [6.45, 7) is 1.77. The molecular weight excluding hydrogens is 346 g/mol. The van der Waals surface area contributed by atoms with Gasteiger partial charge >= 0.3 is 0 Å². The lowest BCUT2D eigenvalue weighted by molar-refractivity contribution is -0.111. The molecular formula is C17H14BrNO3. The van der Waals surface area contributed by atoms with Gasteiger partial charge in [0.1, 0.15) is 5.75 Å². The first-order valence-electron chi connectivity index (χ1n) is 6.54. The lowest BCUT2D eigenvalue weighted by atomic mass is 10.1. The van der Waals surface area contributed by atoms with E-state index in [9.17, 15) is 14.7 Å². The van der Waals surface area contributed by atoms with Crippen LogP contribution in [-0.4, -0.2) is 16.8 Å². The Labute approximate surface area is 136 Å². The van der Waals surface area contributed by atoms with Crippen LogP contribution in [-0.2, 0) is 4.79 Å². The van der Waals surface area contributed by atoms with E-state index in [4.69, 9.17) is 0 Å². The van der Waals surface area contributed by atoms with Crippen LogP contribution in [0.25, 0.3) is 0 Å². The fourth-order valence-corrected chi connectivity index (χ4v) is 2.09. The van der Waals surface area contributed by atoms with Gasteiger partial charge in [0.15, 0.2) is 5.78 Å². The largest absolute Gasteiger partial charge is 0.508 e. The summed E-state index contributed by atoms with van der Waals surface area (Å²) in [5.41, 5.74) is 1.83. The molecule has 0 atom stereocenters. The molecule has 0 radical (unpaired) electrons. The van der Waals surface area contributed by atoms with Gasteiger partial charge in [0.25, 0.3) is 0 Å². The van der Waals surface area contributed by atoms with Gasteiger partial charge in [-0.1, -0.05) is 15.9 Å². The molecule has 0 fully saturated rings. The van der Waals surface area contributed by atoms with E-state index in [1.165, 1.54) is 18.2 Å². The molecule has 0 bridgehead atoms. The number of ketones is 1. The second-order valence-electron chi connectivity index (χ2n) is 4.69. The molecule has 2 N–H and O–H groups in total. The van der Waals surface area contributed by atoms with Crippen molar-refractivity contribution < 1.29 is 14.7 Å². The monoisotopic (exact) mass is 359 g/mol. The summed E-state index contributed by atoms with van der Waals surface area (Å²) in [6.07, 6.45) is 2.42. The Balaban J connectivity index is 2.02. The first kappa shape index (κ1) is 16.0. The van der Waals surface area contributed by atoms with Crippen molar-refractivity contribution >= 4 is 33.3 Å². The highest BCUT2D eigenvalue weighted by Gasteiger charge is 2.05. The number of carbonyl (C=O) groups is 2. The molecule has 1 amide bonds. The Bertz CT molecular complexity index is 736. The minimum Gasteiger partial charge on any atom is -0.508 e. The van der Waals surface area contributed by atoms with E-state index in [0.717, 1.165) is 10.0 Å². The molecule has 112 valence electrons. The van der Waals surface area contributed by atoms with Crippen LogP contribution in [0.4, 0.5) is 5.69 Å². The maximum atomic E-state index is 11.9. The van der Waals surface area contributed by atoms with Crippen LogP contribution in [0, 0.1) is 6.92 Å². The van der Waals surface area contributed by atoms with Crippen molar-refractivity contribution in [3.05, 3.63) is 70.2 Å². The molecule has 2 rings (SSSR count). The predicted octanol–water partition coefficient (Wildman–Crippen LogP) is 3.84. The van der Waals surface area contributed by atoms with Gasteiger partial charge in [-0.3, -0.25) is 9.59 Å².